The van der Waals surface area contributed by atoms with Gasteiger partial charge in [0.15, 0.2) is 0 Å². The fraction of sp³-hybridized carbons (Fsp3) is 0.467. The first-order valence-electron chi connectivity index (χ1n) is 6.77. The molecule has 1 aliphatic rings. The molecule has 5 nitrogen and oxygen atoms in total. The maximum Gasteiger partial charge on any atom is 0.429 e. The van der Waals surface area contributed by atoms with Gasteiger partial charge in [0.1, 0.15) is 13.4 Å². The number of fused-ring (bicyclic) bond motifs is 1. The molecule has 2 amide bonds. The summed E-state index contributed by atoms with van der Waals surface area (Å²) in [5, 5.41) is 2.58. The largest absolute Gasteiger partial charge is 0.442 e. The molecule has 2 rings (SSSR count). The quantitative estimate of drug-likeness (QED) is 0.736. The maximum atomic E-state index is 12.5. The third-order valence-electron chi connectivity index (χ3n) is 3.23. The van der Waals surface area contributed by atoms with Crippen LogP contribution in [0.3, 0.4) is 0 Å². The summed E-state index contributed by atoms with van der Waals surface area (Å²) in [4.78, 5) is 24.6. The van der Waals surface area contributed by atoms with Crippen molar-refractivity contribution in [2.75, 3.05) is 7.05 Å². The summed E-state index contributed by atoms with van der Waals surface area (Å²) in [5.74, 6) is -0.212. The Balaban J connectivity index is 2.23. The van der Waals surface area contributed by atoms with Crippen LogP contribution in [0, 0.1) is 6.92 Å². The molecule has 1 aromatic rings. The van der Waals surface area contributed by atoms with Gasteiger partial charge in [-0.25, -0.2) is 14.8 Å². The molecule has 0 saturated carbocycles. The van der Waals surface area contributed by atoms with E-state index in [0.717, 1.165) is 11.1 Å². The Morgan fingerprint density at radius 1 is 1.38 bits per heavy atom. The molecule has 0 aromatic heterocycles. The zero-order chi connectivity index (χ0) is 15.9. The van der Waals surface area contributed by atoms with Crippen molar-refractivity contribution in [2.45, 2.75) is 39.8 Å². The van der Waals surface area contributed by atoms with Gasteiger partial charge in [-0.3, -0.25) is 4.79 Å². The van der Waals surface area contributed by atoms with Crippen molar-refractivity contribution >= 4 is 25.3 Å². The molecule has 6 heteroatoms. The molecule has 0 aliphatic carbocycles. The number of hydrogen-bond donors (Lipinski definition) is 0. The summed E-state index contributed by atoms with van der Waals surface area (Å²) in [6.45, 7) is 7.50. The van der Waals surface area contributed by atoms with Crippen LogP contribution in [0.2, 0.25) is 0 Å². The van der Waals surface area contributed by atoms with E-state index >= 15 is 0 Å². The smallest absolute Gasteiger partial charge is 0.429 e. The number of rotatable bonds is 1. The first kappa shape index (κ1) is 15.4. The standard InChI is InChI=1S/C15H19BN2O3/c1-9-6-11(16)7-10-8-18(13(19)12(9)10)17(5)14(20)21-15(2,3)4/h6-7H,8H2,1-5H3. The summed E-state index contributed by atoms with van der Waals surface area (Å²) in [6.07, 6.45) is -0.561. The van der Waals surface area contributed by atoms with Gasteiger partial charge in [0, 0.05) is 12.6 Å². The monoisotopic (exact) mass is 286 g/mol. The predicted molar refractivity (Wildman–Crippen MR) is 80.4 cm³/mol. The van der Waals surface area contributed by atoms with Gasteiger partial charge >= 0.3 is 6.09 Å². The number of ether oxygens (including phenoxy) is 1. The van der Waals surface area contributed by atoms with Crippen molar-refractivity contribution in [1.29, 1.82) is 0 Å². The molecule has 110 valence electrons. The van der Waals surface area contributed by atoms with Gasteiger partial charge in [-0.1, -0.05) is 17.6 Å². The van der Waals surface area contributed by atoms with E-state index in [9.17, 15) is 9.59 Å². The Hall–Kier alpha value is -1.98. The van der Waals surface area contributed by atoms with Gasteiger partial charge in [0.25, 0.3) is 5.91 Å². The molecule has 0 bridgehead atoms. The topological polar surface area (TPSA) is 49.9 Å². The molecule has 0 unspecified atom stereocenters. The highest BCUT2D eigenvalue weighted by Crippen LogP contribution is 2.26. The van der Waals surface area contributed by atoms with Crippen LogP contribution in [0.15, 0.2) is 12.1 Å². The van der Waals surface area contributed by atoms with Crippen LogP contribution in [0.5, 0.6) is 0 Å². The second kappa shape index (κ2) is 5.09. The lowest BCUT2D eigenvalue weighted by Crippen LogP contribution is -2.46. The van der Waals surface area contributed by atoms with Gasteiger partial charge in [-0.05, 0) is 38.8 Å². The average molecular weight is 286 g/mol. The molecular formula is C15H19BN2O3. The maximum absolute atomic E-state index is 12.5. The Morgan fingerprint density at radius 2 is 2.00 bits per heavy atom. The van der Waals surface area contributed by atoms with Crippen LogP contribution in [-0.2, 0) is 11.3 Å². The lowest BCUT2D eigenvalue weighted by atomic mass is 9.90. The van der Waals surface area contributed by atoms with Crippen LogP contribution in [0.1, 0.15) is 42.3 Å². The Labute approximate surface area is 126 Å². The normalized spacial score (nSPS) is 14.1. The second-order valence-corrected chi connectivity index (χ2v) is 6.24. The van der Waals surface area contributed by atoms with Crippen molar-refractivity contribution in [3.63, 3.8) is 0 Å². The van der Waals surface area contributed by atoms with Crippen LogP contribution in [0.4, 0.5) is 4.79 Å². The van der Waals surface area contributed by atoms with E-state index in [-0.39, 0.29) is 5.91 Å². The molecule has 21 heavy (non-hydrogen) atoms. The van der Waals surface area contributed by atoms with E-state index in [1.807, 2.05) is 6.92 Å². The molecule has 0 spiro atoms. The number of hydrazine groups is 1. The number of nitrogens with zero attached hydrogens (tertiary/aromatic N) is 2. The van der Waals surface area contributed by atoms with Crippen molar-refractivity contribution in [1.82, 2.24) is 10.0 Å². The van der Waals surface area contributed by atoms with E-state index in [1.165, 1.54) is 17.1 Å². The third-order valence-corrected chi connectivity index (χ3v) is 3.23. The van der Waals surface area contributed by atoms with Crippen molar-refractivity contribution < 1.29 is 14.3 Å². The van der Waals surface area contributed by atoms with E-state index < -0.39 is 11.7 Å². The van der Waals surface area contributed by atoms with Gasteiger partial charge in [-0.2, -0.15) is 0 Å². The summed E-state index contributed by atoms with van der Waals surface area (Å²) in [6, 6.07) is 3.52. The van der Waals surface area contributed by atoms with Crippen molar-refractivity contribution in [3.8, 4) is 0 Å². The van der Waals surface area contributed by atoms with Gasteiger partial charge in [0.2, 0.25) is 0 Å². The minimum absolute atomic E-state index is 0.212. The SMILES string of the molecule is [B]c1cc(C)c2c(c1)CN(N(C)C(=O)OC(C)(C)C)C2=O. The molecule has 1 heterocycles. The predicted octanol–water partition coefficient (Wildman–Crippen LogP) is 1.53. The highest BCUT2D eigenvalue weighted by Gasteiger charge is 2.35. The molecule has 0 N–H and O–H groups in total. The number of amides is 2. The first-order valence-corrected chi connectivity index (χ1v) is 6.77. The highest BCUT2D eigenvalue weighted by molar-refractivity contribution is 6.32. The zero-order valence-corrected chi connectivity index (χ0v) is 13.1. The molecule has 0 fully saturated rings. The molecule has 0 saturated heterocycles. The fourth-order valence-electron chi connectivity index (χ4n) is 2.35. The molecule has 0 atom stereocenters. The first-order chi connectivity index (χ1) is 9.60. The lowest BCUT2D eigenvalue weighted by molar-refractivity contribution is -0.0275. The molecule has 1 aliphatic heterocycles. The van der Waals surface area contributed by atoms with Crippen LogP contribution < -0.4 is 5.46 Å². The summed E-state index contributed by atoms with van der Waals surface area (Å²) in [5.41, 5.74) is 2.25. The molecule has 2 radical (unpaired) electrons. The average Bonchev–Trinajstić information content (AvgIpc) is 2.63. The van der Waals surface area contributed by atoms with Crippen molar-refractivity contribution in [2.24, 2.45) is 0 Å². The molecular weight excluding hydrogens is 267 g/mol. The minimum Gasteiger partial charge on any atom is -0.442 e. The van der Waals surface area contributed by atoms with E-state index in [2.05, 4.69) is 0 Å². The van der Waals surface area contributed by atoms with Gasteiger partial charge < -0.3 is 4.74 Å². The summed E-state index contributed by atoms with van der Waals surface area (Å²) >= 11 is 0. The zero-order valence-electron chi connectivity index (χ0n) is 13.1. The summed E-state index contributed by atoms with van der Waals surface area (Å²) in [7, 11) is 7.33. The van der Waals surface area contributed by atoms with Crippen LogP contribution in [0.25, 0.3) is 0 Å². The summed E-state index contributed by atoms with van der Waals surface area (Å²) < 4.78 is 5.28. The fourth-order valence-corrected chi connectivity index (χ4v) is 2.35. The third kappa shape index (κ3) is 3.04. The lowest BCUT2D eigenvalue weighted by Gasteiger charge is -2.30. The Bertz CT molecular complexity index is 608. The number of benzene rings is 1. The Kier molecular flexibility index (Phi) is 3.74. The van der Waals surface area contributed by atoms with E-state index in [1.54, 1.807) is 32.9 Å². The van der Waals surface area contributed by atoms with E-state index in [4.69, 9.17) is 12.6 Å². The molecule has 1 aromatic carbocycles. The van der Waals surface area contributed by atoms with E-state index in [0.29, 0.717) is 17.6 Å². The highest BCUT2D eigenvalue weighted by atomic mass is 16.6. The van der Waals surface area contributed by atoms with Crippen LogP contribution >= 0.6 is 0 Å². The number of carbonyl (C=O) groups is 2. The van der Waals surface area contributed by atoms with Crippen LogP contribution in [-0.4, -0.2) is 42.5 Å². The second-order valence-electron chi connectivity index (χ2n) is 6.24. The number of aryl methyl sites for hydroxylation is 1. The minimum atomic E-state index is -0.610. The van der Waals surface area contributed by atoms with Gasteiger partial charge in [-0.15, -0.1) is 0 Å². The van der Waals surface area contributed by atoms with Gasteiger partial charge in [0.05, 0.1) is 6.54 Å². The van der Waals surface area contributed by atoms with Crippen molar-refractivity contribution in [3.05, 3.63) is 28.8 Å². The Morgan fingerprint density at radius 3 is 2.57 bits per heavy atom. The number of hydrogen-bond acceptors (Lipinski definition) is 3. The number of carbonyl (C=O) groups excluding carboxylic acids is 2.